The van der Waals surface area contributed by atoms with Crippen molar-refractivity contribution in [3.63, 3.8) is 0 Å². The fourth-order valence-electron chi connectivity index (χ4n) is 12.7. The summed E-state index contributed by atoms with van der Waals surface area (Å²) in [5, 5.41) is 2.22. The Morgan fingerprint density at radius 3 is 1.30 bits per heavy atom. The average Bonchev–Trinajstić information content (AvgIpc) is 3.82. The number of ether oxygens (including phenoxy) is 1. The molecule has 0 fully saturated rings. The zero-order valence-corrected chi connectivity index (χ0v) is 41.4. The Hall–Kier alpha value is -8.92. The SMILES string of the molecule is CC1(C)c2ccccc2-c2cccc(-c3ccc(N(c4ccc(-c5cccc6c5C(C)(C)c5ccccc5-6)cc4)c4ccc5cccc6c5c4Oc4ccc(N(c5ccccc5)c5ccccc5)cc4-6)cc3)c21. The maximum absolute atomic E-state index is 7.28. The van der Waals surface area contributed by atoms with Crippen LogP contribution in [0.4, 0.5) is 34.1 Å². The van der Waals surface area contributed by atoms with Crippen molar-refractivity contribution < 1.29 is 4.74 Å². The van der Waals surface area contributed by atoms with Gasteiger partial charge in [0.15, 0.2) is 5.75 Å². The third-order valence-corrected chi connectivity index (χ3v) is 16.0. The van der Waals surface area contributed by atoms with Gasteiger partial charge in [0.25, 0.3) is 0 Å². The van der Waals surface area contributed by atoms with Gasteiger partial charge in [-0.05, 0) is 151 Å². The molecule has 0 aromatic heterocycles. The summed E-state index contributed by atoms with van der Waals surface area (Å²) in [5.74, 6) is 1.66. The Balaban J connectivity index is 0.917. The summed E-state index contributed by atoms with van der Waals surface area (Å²) in [5.41, 5.74) is 24.0. The largest absolute Gasteiger partial charge is 0.454 e. The molecule has 3 aliphatic rings. The fraction of sp³-hybridized carbons (Fsp3) is 0.0857. The molecule has 0 saturated heterocycles. The first kappa shape index (κ1) is 42.9. The van der Waals surface area contributed by atoms with Crippen molar-refractivity contribution in [2.45, 2.75) is 38.5 Å². The van der Waals surface area contributed by atoms with E-state index in [2.05, 4.69) is 280 Å². The van der Waals surface area contributed by atoms with Crippen molar-refractivity contribution in [2.24, 2.45) is 0 Å². The highest BCUT2D eigenvalue weighted by Gasteiger charge is 2.39. The molecule has 11 aromatic carbocycles. The molecule has 1 heterocycles. The highest BCUT2D eigenvalue weighted by molar-refractivity contribution is 6.09. The number of anilines is 6. The second kappa shape index (κ2) is 16.3. The van der Waals surface area contributed by atoms with Gasteiger partial charge in [-0.3, -0.25) is 0 Å². The minimum Gasteiger partial charge on any atom is -0.454 e. The van der Waals surface area contributed by atoms with Crippen LogP contribution in [0, 0.1) is 0 Å². The lowest BCUT2D eigenvalue weighted by atomic mass is 9.79. The van der Waals surface area contributed by atoms with Gasteiger partial charge >= 0.3 is 0 Å². The Morgan fingerprint density at radius 2 is 0.753 bits per heavy atom. The minimum atomic E-state index is -0.132. The van der Waals surface area contributed by atoms with Gasteiger partial charge in [0, 0.05) is 50.2 Å². The van der Waals surface area contributed by atoms with Gasteiger partial charge < -0.3 is 14.5 Å². The predicted octanol–water partition coefficient (Wildman–Crippen LogP) is 19.5. The molecule has 0 saturated carbocycles. The monoisotopic (exact) mass is 936 g/mol. The smallest absolute Gasteiger partial charge is 0.159 e. The molecule has 14 rings (SSSR count). The van der Waals surface area contributed by atoms with Crippen LogP contribution >= 0.6 is 0 Å². The molecule has 2 aliphatic carbocycles. The lowest BCUT2D eigenvalue weighted by Gasteiger charge is -2.32. The van der Waals surface area contributed by atoms with E-state index in [1.807, 2.05) is 0 Å². The summed E-state index contributed by atoms with van der Waals surface area (Å²) in [7, 11) is 0. The lowest BCUT2D eigenvalue weighted by molar-refractivity contribution is 0.488. The van der Waals surface area contributed by atoms with E-state index in [-0.39, 0.29) is 10.8 Å². The third kappa shape index (κ3) is 6.58. The van der Waals surface area contributed by atoms with Gasteiger partial charge in [-0.1, -0.05) is 198 Å². The number of nitrogens with zero attached hydrogens (tertiary/aromatic N) is 2. The zero-order valence-electron chi connectivity index (χ0n) is 41.4. The summed E-state index contributed by atoms with van der Waals surface area (Å²) in [6.45, 7) is 9.47. The molecule has 348 valence electrons. The quantitative estimate of drug-likeness (QED) is 0.151. The standard InChI is InChI=1S/C70H52N2O/c1-69(2)61-30-13-11-23-55(61)58-28-16-25-53(66(58)69)45-32-37-50(38-33-45)72(51-39-34-46(35-40-51)54-26-17-29-59-56-24-12-14-31-62(56)70(3,4)67(54)59)63-42-36-47-18-15-27-57-60-44-52(41-43-64(60)73-68(63)65(47)57)71(48-19-7-5-8-20-48)49-21-9-6-10-22-49/h5-44H,1-4H3. The summed E-state index contributed by atoms with van der Waals surface area (Å²) in [4.78, 5) is 4.70. The average molecular weight is 937 g/mol. The second-order valence-corrected chi connectivity index (χ2v) is 20.8. The van der Waals surface area contributed by atoms with Crippen molar-refractivity contribution in [1.29, 1.82) is 0 Å². The van der Waals surface area contributed by atoms with E-state index >= 15 is 0 Å². The Kier molecular flexibility index (Phi) is 9.59. The molecule has 73 heavy (non-hydrogen) atoms. The summed E-state index contributed by atoms with van der Waals surface area (Å²) < 4.78 is 7.28. The van der Waals surface area contributed by atoms with Crippen molar-refractivity contribution in [2.75, 3.05) is 9.80 Å². The molecule has 0 unspecified atom stereocenters. The van der Waals surface area contributed by atoms with E-state index in [0.717, 1.165) is 67.5 Å². The summed E-state index contributed by atoms with van der Waals surface area (Å²) >= 11 is 0. The molecular weight excluding hydrogens is 885 g/mol. The van der Waals surface area contributed by atoms with Gasteiger partial charge in [-0.2, -0.15) is 0 Å². The van der Waals surface area contributed by atoms with Crippen LogP contribution in [0.1, 0.15) is 49.9 Å². The first-order valence-corrected chi connectivity index (χ1v) is 25.5. The van der Waals surface area contributed by atoms with Crippen molar-refractivity contribution >= 4 is 44.9 Å². The molecule has 0 bridgehead atoms. The third-order valence-electron chi connectivity index (χ3n) is 16.0. The first-order chi connectivity index (χ1) is 35.7. The van der Waals surface area contributed by atoms with Crippen LogP contribution in [0.2, 0.25) is 0 Å². The first-order valence-electron chi connectivity index (χ1n) is 25.5. The normalized spacial score (nSPS) is 13.8. The van der Waals surface area contributed by atoms with Gasteiger partial charge in [0.1, 0.15) is 5.75 Å². The maximum Gasteiger partial charge on any atom is 0.159 e. The molecule has 11 aromatic rings. The minimum absolute atomic E-state index is 0.132. The molecule has 1 aliphatic heterocycles. The van der Waals surface area contributed by atoms with Crippen LogP contribution in [0.25, 0.3) is 66.4 Å². The van der Waals surface area contributed by atoms with Crippen LogP contribution in [0.5, 0.6) is 11.5 Å². The topological polar surface area (TPSA) is 15.7 Å². The molecule has 0 spiro atoms. The van der Waals surface area contributed by atoms with Crippen LogP contribution in [0.3, 0.4) is 0 Å². The molecular formula is C70H52N2O. The van der Waals surface area contributed by atoms with Crippen LogP contribution in [-0.2, 0) is 10.8 Å². The zero-order chi connectivity index (χ0) is 49.0. The second-order valence-electron chi connectivity index (χ2n) is 20.8. The van der Waals surface area contributed by atoms with E-state index < -0.39 is 0 Å². The van der Waals surface area contributed by atoms with E-state index in [4.69, 9.17) is 4.74 Å². The van der Waals surface area contributed by atoms with Crippen molar-refractivity contribution in [3.05, 3.63) is 265 Å². The molecule has 0 radical (unpaired) electrons. The number of para-hydroxylation sites is 2. The van der Waals surface area contributed by atoms with Crippen LogP contribution in [0.15, 0.2) is 243 Å². The maximum atomic E-state index is 7.28. The molecule has 3 heteroatoms. The van der Waals surface area contributed by atoms with Crippen molar-refractivity contribution in [3.8, 4) is 67.1 Å². The van der Waals surface area contributed by atoms with Crippen LogP contribution in [-0.4, -0.2) is 0 Å². The number of hydrogen-bond donors (Lipinski definition) is 0. The van der Waals surface area contributed by atoms with Gasteiger partial charge in [0.2, 0.25) is 0 Å². The summed E-state index contributed by atoms with van der Waals surface area (Å²) in [6.07, 6.45) is 0. The molecule has 0 amide bonds. The fourth-order valence-corrected chi connectivity index (χ4v) is 12.7. The number of benzene rings is 11. The van der Waals surface area contributed by atoms with Crippen molar-refractivity contribution in [1.82, 2.24) is 0 Å². The summed E-state index contributed by atoms with van der Waals surface area (Å²) in [6, 6.07) is 88.7. The van der Waals surface area contributed by atoms with Crippen LogP contribution < -0.4 is 14.5 Å². The number of fused-ring (bicyclic) bond motifs is 8. The van der Waals surface area contributed by atoms with Gasteiger partial charge in [-0.15, -0.1) is 0 Å². The molecule has 0 atom stereocenters. The lowest BCUT2D eigenvalue weighted by Crippen LogP contribution is -2.16. The predicted molar refractivity (Wildman–Crippen MR) is 305 cm³/mol. The van der Waals surface area contributed by atoms with E-state index in [0.29, 0.717) is 0 Å². The molecule has 3 nitrogen and oxygen atoms in total. The Labute approximate surface area is 427 Å². The van der Waals surface area contributed by atoms with E-state index in [1.54, 1.807) is 0 Å². The van der Waals surface area contributed by atoms with Gasteiger partial charge in [0.05, 0.1) is 5.69 Å². The van der Waals surface area contributed by atoms with E-state index in [9.17, 15) is 0 Å². The van der Waals surface area contributed by atoms with E-state index in [1.165, 1.54) is 66.8 Å². The number of hydrogen-bond acceptors (Lipinski definition) is 3. The highest BCUT2D eigenvalue weighted by Crippen LogP contribution is 2.57. The number of rotatable bonds is 8. The Bertz CT molecular complexity index is 3790. The highest BCUT2D eigenvalue weighted by atomic mass is 16.5. The van der Waals surface area contributed by atoms with Gasteiger partial charge in [-0.25, -0.2) is 0 Å². The molecule has 0 N–H and O–H groups in total. The Morgan fingerprint density at radius 1 is 0.315 bits per heavy atom.